The first-order chi connectivity index (χ1) is 16.9. The second-order valence-electron chi connectivity index (χ2n) is 8.71. The lowest BCUT2D eigenvalue weighted by molar-refractivity contribution is 0.0997. The van der Waals surface area contributed by atoms with E-state index in [0.29, 0.717) is 23.5 Å². The number of piperidine rings is 1. The van der Waals surface area contributed by atoms with Gasteiger partial charge in [-0.25, -0.2) is 8.42 Å². The van der Waals surface area contributed by atoms with Crippen LogP contribution in [0.3, 0.4) is 0 Å². The van der Waals surface area contributed by atoms with Crippen LogP contribution >= 0.6 is 11.3 Å². The van der Waals surface area contributed by atoms with Crippen molar-refractivity contribution in [2.24, 2.45) is 4.99 Å². The number of amides is 1. The largest absolute Gasteiger partial charge is 0.494 e. The van der Waals surface area contributed by atoms with Gasteiger partial charge in [0.15, 0.2) is 4.80 Å². The Balaban J connectivity index is 1.64. The first kappa shape index (κ1) is 25.6. The van der Waals surface area contributed by atoms with Gasteiger partial charge in [0.05, 0.1) is 21.7 Å². The third kappa shape index (κ3) is 5.37. The van der Waals surface area contributed by atoms with Crippen LogP contribution in [0.1, 0.15) is 63.2 Å². The number of nitrogens with zero attached hydrogens (tertiary/aromatic N) is 3. The molecule has 0 spiro atoms. The van der Waals surface area contributed by atoms with Crippen LogP contribution in [0.4, 0.5) is 0 Å². The highest BCUT2D eigenvalue weighted by Gasteiger charge is 2.32. The number of ether oxygens (including phenoxy) is 1. The summed E-state index contributed by atoms with van der Waals surface area (Å²) in [6.45, 7) is 7.93. The molecule has 1 fully saturated rings. The number of aromatic nitrogens is 1. The number of fused-ring (bicyclic) bond motifs is 1. The SMILES string of the molecule is CCCn1c(=NC(=O)c2ccc(S(=O)(=O)N3CCCCC3CC)cc2)sc2cc(OCC)ccc21. The van der Waals surface area contributed by atoms with Crippen molar-refractivity contribution in [1.82, 2.24) is 8.87 Å². The topological polar surface area (TPSA) is 81.0 Å². The third-order valence-corrected chi connectivity index (χ3v) is 9.37. The number of rotatable bonds is 8. The van der Waals surface area contributed by atoms with Gasteiger partial charge in [-0.3, -0.25) is 4.79 Å². The summed E-state index contributed by atoms with van der Waals surface area (Å²) in [4.78, 5) is 18.3. The van der Waals surface area contributed by atoms with E-state index in [1.807, 2.05) is 36.6 Å². The number of carbonyl (C=O) groups is 1. The van der Waals surface area contributed by atoms with Crippen molar-refractivity contribution in [3.05, 3.63) is 52.8 Å². The Morgan fingerprint density at radius 3 is 2.57 bits per heavy atom. The van der Waals surface area contributed by atoms with Crippen molar-refractivity contribution in [2.45, 2.75) is 70.4 Å². The quantitative estimate of drug-likeness (QED) is 0.413. The summed E-state index contributed by atoms with van der Waals surface area (Å²) in [6, 6.07) is 12.1. The van der Waals surface area contributed by atoms with Gasteiger partial charge >= 0.3 is 0 Å². The maximum atomic E-state index is 13.2. The molecule has 1 saturated heterocycles. The third-order valence-electron chi connectivity index (χ3n) is 6.36. The molecule has 1 aliphatic rings. The summed E-state index contributed by atoms with van der Waals surface area (Å²) >= 11 is 1.45. The van der Waals surface area contributed by atoms with E-state index < -0.39 is 10.0 Å². The molecule has 1 unspecified atom stereocenters. The Morgan fingerprint density at radius 1 is 1.11 bits per heavy atom. The Labute approximate surface area is 211 Å². The number of aryl methyl sites for hydroxylation is 1. The number of benzene rings is 2. The lowest BCUT2D eigenvalue weighted by Gasteiger charge is -2.34. The van der Waals surface area contributed by atoms with Gasteiger partial charge in [0, 0.05) is 24.7 Å². The average Bonchev–Trinajstić information content (AvgIpc) is 3.20. The summed E-state index contributed by atoms with van der Waals surface area (Å²) in [7, 11) is -3.59. The molecule has 2 aromatic carbocycles. The Morgan fingerprint density at radius 2 is 1.89 bits per heavy atom. The van der Waals surface area contributed by atoms with Crippen molar-refractivity contribution in [2.75, 3.05) is 13.2 Å². The fourth-order valence-corrected chi connectivity index (χ4v) is 7.44. The van der Waals surface area contributed by atoms with E-state index >= 15 is 0 Å². The van der Waals surface area contributed by atoms with Gasteiger partial charge in [-0.05, 0) is 75.1 Å². The van der Waals surface area contributed by atoms with Crippen LogP contribution in [-0.2, 0) is 16.6 Å². The van der Waals surface area contributed by atoms with E-state index in [1.165, 1.54) is 23.5 Å². The van der Waals surface area contributed by atoms with Crippen LogP contribution in [0.2, 0.25) is 0 Å². The molecule has 1 aliphatic heterocycles. The van der Waals surface area contributed by atoms with E-state index in [9.17, 15) is 13.2 Å². The summed E-state index contributed by atoms with van der Waals surface area (Å²) in [5, 5.41) is 0. The fourth-order valence-electron chi connectivity index (χ4n) is 4.59. The minimum Gasteiger partial charge on any atom is -0.494 e. The van der Waals surface area contributed by atoms with Gasteiger partial charge < -0.3 is 9.30 Å². The molecule has 3 aromatic rings. The standard InChI is InChI=1S/C26H33N3O4S2/c1-4-16-28-23-15-12-21(33-6-3)18-24(23)34-26(28)27-25(30)19-10-13-22(14-11-19)35(31,32)29-17-8-7-9-20(29)5-2/h10-15,18,20H,4-9,16-17H2,1-3H3. The predicted octanol–water partition coefficient (Wildman–Crippen LogP) is 5.21. The van der Waals surface area contributed by atoms with Gasteiger partial charge in [0.25, 0.3) is 5.91 Å². The Hall–Kier alpha value is -2.49. The average molecular weight is 516 g/mol. The Kier molecular flexibility index (Phi) is 8.09. The number of thiazole rings is 1. The molecule has 0 saturated carbocycles. The monoisotopic (exact) mass is 515 g/mol. The zero-order valence-corrected chi connectivity index (χ0v) is 22.2. The van der Waals surface area contributed by atoms with Gasteiger partial charge in [-0.15, -0.1) is 0 Å². The van der Waals surface area contributed by atoms with Crippen molar-refractivity contribution >= 4 is 37.5 Å². The van der Waals surface area contributed by atoms with E-state index in [-0.39, 0.29) is 16.8 Å². The molecule has 188 valence electrons. The first-order valence-electron chi connectivity index (χ1n) is 12.4. The molecule has 2 heterocycles. The minimum atomic E-state index is -3.59. The van der Waals surface area contributed by atoms with Crippen LogP contribution in [0.5, 0.6) is 5.75 Å². The van der Waals surface area contributed by atoms with E-state index in [0.717, 1.165) is 54.6 Å². The van der Waals surface area contributed by atoms with Crippen LogP contribution in [0.15, 0.2) is 52.4 Å². The van der Waals surface area contributed by atoms with Crippen molar-refractivity contribution in [3.63, 3.8) is 0 Å². The molecule has 35 heavy (non-hydrogen) atoms. The van der Waals surface area contributed by atoms with Crippen LogP contribution in [0, 0.1) is 0 Å². The maximum Gasteiger partial charge on any atom is 0.279 e. The van der Waals surface area contributed by atoms with Crippen molar-refractivity contribution in [1.29, 1.82) is 0 Å². The van der Waals surface area contributed by atoms with Gasteiger partial charge in [0.2, 0.25) is 10.0 Å². The first-order valence-corrected chi connectivity index (χ1v) is 14.6. The summed E-state index contributed by atoms with van der Waals surface area (Å²) in [5.41, 5.74) is 1.38. The molecular weight excluding hydrogens is 482 g/mol. The second kappa shape index (κ2) is 11.1. The summed E-state index contributed by atoms with van der Waals surface area (Å²) < 4.78 is 36.7. The number of hydrogen-bond acceptors (Lipinski definition) is 5. The molecule has 4 rings (SSSR count). The molecule has 1 atom stereocenters. The zero-order valence-electron chi connectivity index (χ0n) is 20.6. The molecule has 1 amide bonds. The van der Waals surface area contributed by atoms with Crippen molar-refractivity contribution in [3.8, 4) is 5.75 Å². The number of hydrogen-bond donors (Lipinski definition) is 0. The predicted molar refractivity (Wildman–Crippen MR) is 139 cm³/mol. The normalized spacial score (nSPS) is 17.7. The van der Waals surface area contributed by atoms with Crippen LogP contribution in [-0.4, -0.2) is 42.4 Å². The maximum absolute atomic E-state index is 13.2. The molecule has 0 N–H and O–H groups in total. The van der Waals surface area contributed by atoms with Gasteiger partial charge in [-0.2, -0.15) is 9.30 Å². The Bertz CT molecular complexity index is 1360. The van der Waals surface area contributed by atoms with E-state index in [4.69, 9.17) is 4.74 Å². The summed E-state index contributed by atoms with van der Waals surface area (Å²) in [6.07, 6.45) is 4.53. The highest BCUT2D eigenvalue weighted by molar-refractivity contribution is 7.89. The fraction of sp³-hybridized carbons (Fsp3) is 0.462. The van der Waals surface area contributed by atoms with Gasteiger partial charge in [-0.1, -0.05) is 31.6 Å². The molecule has 1 aromatic heterocycles. The number of sulfonamides is 1. The smallest absolute Gasteiger partial charge is 0.279 e. The second-order valence-corrected chi connectivity index (χ2v) is 11.6. The molecule has 7 nitrogen and oxygen atoms in total. The minimum absolute atomic E-state index is 0.0373. The van der Waals surface area contributed by atoms with Gasteiger partial charge in [0.1, 0.15) is 5.75 Å². The molecular formula is C26H33N3O4S2. The molecule has 0 bridgehead atoms. The highest BCUT2D eigenvalue weighted by Crippen LogP contribution is 2.27. The van der Waals surface area contributed by atoms with Crippen LogP contribution in [0.25, 0.3) is 10.2 Å². The zero-order chi connectivity index (χ0) is 25.0. The molecule has 0 aliphatic carbocycles. The highest BCUT2D eigenvalue weighted by atomic mass is 32.2. The lowest BCUT2D eigenvalue weighted by atomic mass is 10.0. The lowest BCUT2D eigenvalue weighted by Crippen LogP contribution is -2.43. The van der Waals surface area contributed by atoms with E-state index in [1.54, 1.807) is 16.4 Å². The van der Waals surface area contributed by atoms with Crippen LogP contribution < -0.4 is 9.54 Å². The molecule has 9 heteroatoms. The summed E-state index contributed by atoms with van der Waals surface area (Å²) in [5.74, 6) is 0.401. The van der Waals surface area contributed by atoms with E-state index in [2.05, 4.69) is 11.9 Å². The number of carbonyl (C=O) groups excluding carboxylic acids is 1. The molecule has 0 radical (unpaired) electrons. The van der Waals surface area contributed by atoms with Crippen molar-refractivity contribution < 1.29 is 17.9 Å².